The first-order chi connectivity index (χ1) is 11.0. The van der Waals surface area contributed by atoms with Crippen LogP contribution >= 0.6 is 11.6 Å². The van der Waals surface area contributed by atoms with Crippen LogP contribution in [-0.4, -0.2) is 23.2 Å². The molecule has 3 rings (SSSR count). The molecule has 5 heteroatoms. The number of methoxy groups -OCH3 is 1. The van der Waals surface area contributed by atoms with Gasteiger partial charge in [-0.2, -0.15) is 0 Å². The van der Waals surface area contributed by atoms with Gasteiger partial charge in [0.25, 0.3) is 0 Å². The Bertz CT molecular complexity index is 899. The third-order valence-electron chi connectivity index (χ3n) is 3.96. The summed E-state index contributed by atoms with van der Waals surface area (Å²) in [6, 6.07) is 11.2. The van der Waals surface area contributed by atoms with Crippen LogP contribution in [0.25, 0.3) is 22.2 Å². The number of benzene rings is 2. The minimum Gasteiger partial charge on any atom is -0.497 e. The van der Waals surface area contributed by atoms with E-state index in [4.69, 9.17) is 16.3 Å². The van der Waals surface area contributed by atoms with Gasteiger partial charge >= 0.3 is 5.97 Å². The van der Waals surface area contributed by atoms with Crippen LogP contribution in [0.4, 0.5) is 0 Å². The van der Waals surface area contributed by atoms with Gasteiger partial charge in [0.05, 0.1) is 24.7 Å². The monoisotopic (exact) mass is 329 g/mol. The molecule has 0 radical (unpaired) electrons. The molecule has 0 saturated heterocycles. The molecule has 4 nitrogen and oxygen atoms in total. The number of ether oxygens (including phenoxy) is 1. The van der Waals surface area contributed by atoms with Crippen LogP contribution < -0.4 is 4.74 Å². The van der Waals surface area contributed by atoms with Crippen molar-refractivity contribution in [2.45, 2.75) is 13.3 Å². The number of H-pyrrole nitrogens is 1. The minimum absolute atomic E-state index is 0.0619. The van der Waals surface area contributed by atoms with Crippen molar-refractivity contribution in [2.75, 3.05) is 7.11 Å². The first kappa shape index (κ1) is 15.4. The summed E-state index contributed by atoms with van der Waals surface area (Å²) in [6.07, 6.45) is -0.0619. The Hall–Kier alpha value is -2.46. The smallest absolute Gasteiger partial charge is 0.307 e. The molecule has 3 aromatic rings. The molecule has 0 aliphatic carbocycles. The Morgan fingerprint density at radius 2 is 2.09 bits per heavy atom. The number of rotatable bonds is 4. The summed E-state index contributed by atoms with van der Waals surface area (Å²) in [5.41, 5.74) is 4.19. The zero-order valence-corrected chi connectivity index (χ0v) is 13.6. The Morgan fingerprint density at radius 1 is 1.30 bits per heavy atom. The Kier molecular flexibility index (Phi) is 4.01. The van der Waals surface area contributed by atoms with Gasteiger partial charge < -0.3 is 14.8 Å². The number of fused-ring (bicyclic) bond motifs is 1. The number of aromatic nitrogens is 1. The van der Waals surface area contributed by atoms with Crippen molar-refractivity contribution < 1.29 is 14.6 Å². The van der Waals surface area contributed by atoms with Crippen molar-refractivity contribution in [1.29, 1.82) is 0 Å². The van der Waals surface area contributed by atoms with E-state index < -0.39 is 5.97 Å². The number of aryl methyl sites for hydroxylation is 1. The zero-order chi connectivity index (χ0) is 16.6. The van der Waals surface area contributed by atoms with E-state index in [9.17, 15) is 9.90 Å². The summed E-state index contributed by atoms with van der Waals surface area (Å²) in [6.45, 7) is 1.92. The third kappa shape index (κ3) is 2.78. The average Bonchev–Trinajstić information content (AvgIpc) is 2.89. The fourth-order valence-corrected chi connectivity index (χ4v) is 2.95. The average molecular weight is 330 g/mol. The van der Waals surface area contributed by atoms with Gasteiger partial charge in [0.15, 0.2) is 0 Å². The van der Waals surface area contributed by atoms with Gasteiger partial charge in [0.2, 0.25) is 0 Å². The summed E-state index contributed by atoms with van der Waals surface area (Å²) >= 11 is 6.19. The molecule has 0 aliphatic heterocycles. The SMILES string of the molecule is COc1cccc(-c2[nH]c3c(C)c(Cl)ccc3c2CC(=O)O)c1. The number of carboxylic acids is 1. The van der Waals surface area contributed by atoms with Crippen LogP contribution in [0.3, 0.4) is 0 Å². The van der Waals surface area contributed by atoms with Gasteiger partial charge in [0.1, 0.15) is 5.75 Å². The van der Waals surface area contributed by atoms with Crippen LogP contribution in [0.5, 0.6) is 5.75 Å². The van der Waals surface area contributed by atoms with Crippen LogP contribution in [0, 0.1) is 6.92 Å². The van der Waals surface area contributed by atoms with E-state index in [1.807, 2.05) is 37.3 Å². The van der Waals surface area contributed by atoms with Gasteiger partial charge in [-0.25, -0.2) is 0 Å². The Labute approximate surface area is 138 Å². The number of nitrogens with one attached hydrogen (secondary N) is 1. The first-order valence-electron chi connectivity index (χ1n) is 7.17. The molecule has 0 fully saturated rings. The first-order valence-corrected chi connectivity index (χ1v) is 7.55. The zero-order valence-electron chi connectivity index (χ0n) is 12.8. The van der Waals surface area contributed by atoms with Crippen molar-refractivity contribution in [3.63, 3.8) is 0 Å². The molecule has 1 aromatic heterocycles. The molecule has 2 N–H and O–H groups in total. The lowest BCUT2D eigenvalue weighted by Gasteiger charge is -2.05. The predicted octanol–water partition coefficient (Wildman–Crippen LogP) is 4.43. The highest BCUT2D eigenvalue weighted by Crippen LogP contribution is 2.35. The molecule has 0 atom stereocenters. The number of carbonyl (C=O) groups is 1. The Morgan fingerprint density at radius 3 is 2.78 bits per heavy atom. The van der Waals surface area contributed by atoms with Gasteiger partial charge in [0, 0.05) is 16.0 Å². The molecular weight excluding hydrogens is 314 g/mol. The van der Waals surface area contributed by atoms with Crippen LogP contribution in [0.15, 0.2) is 36.4 Å². The fourth-order valence-electron chi connectivity index (χ4n) is 2.79. The third-order valence-corrected chi connectivity index (χ3v) is 4.37. The number of aliphatic carboxylic acids is 1. The summed E-state index contributed by atoms with van der Waals surface area (Å²) in [5.74, 6) is -0.153. The van der Waals surface area contributed by atoms with Crippen molar-refractivity contribution in [2.24, 2.45) is 0 Å². The van der Waals surface area contributed by atoms with E-state index in [0.717, 1.165) is 39.0 Å². The number of hydrogen-bond donors (Lipinski definition) is 2. The normalized spacial score (nSPS) is 10.9. The van der Waals surface area contributed by atoms with E-state index in [1.54, 1.807) is 13.2 Å². The highest BCUT2D eigenvalue weighted by Gasteiger charge is 2.18. The molecule has 0 bridgehead atoms. The van der Waals surface area contributed by atoms with Crippen molar-refractivity contribution in [1.82, 2.24) is 4.98 Å². The summed E-state index contributed by atoms with van der Waals surface area (Å²) < 4.78 is 5.26. The fraction of sp³-hybridized carbons (Fsp3) is 0.167. The molecular formula is C18H16ClNO3. The predicted molar refractivity (Wildman–Crippen MR) is 91.4 cm³/mol. The molecule has 0 unspecified atom stereocenters. The van der Waals surface area contributed by atoms with Gasteiger partial charge in [-0.15, -0.1) is 0 Å². The number of aromatic amines is 1. The maximum absolute atomic E-state index is 11.3. The Balaban J connectivity index is 2.29. The van der Waals surface area contributed by atoms with E-state index in [1.165, 1.54) is 0 Å². The van der Waals surface area contributed by atoms with E-state index in [2.05, 4.69) is 4.98 Å². The molecule has 0 amide bonds. The number of carboxylic acid groups (broad SMARTS) is 1. The second-order valence-corrected chi connectivity index (χ2v) is 5.78. The topological polar surface area (TPSA) is 62.3 Å². The molecule has 23 heavy (non-hydrogen) atoms. The van der Waals surface area contributed by atoms with E-state index >= 15 is 0 Å². The lowest BCUT2D eigenvalue weighted by atomic mass is 10.0. The minimum atomic E-state index is -0.873. The largest absolute Gasteiger partial charge is 0.497 e. The maximum Gasteiger partial charge on any atom is 0.307 e. The number of halogens is 1. The summed E-state index contributed by atoms with van der Waals surface area (Å²) in [4.78, 5) is 14.6. The van der Waals surface area contributed by atoms with Gasteiger partial charge in [-0.1, -0.05) is 29.8 Å². The molecule has 118 valence electrons. The van der Waals surface area contributed by atoms with Crippen LogP contribution in [0.1, 0.15) is 11.1 Å². The standard InChI is InChI=1S/C18H16ClNO3/c1-10-15(19)7-6-13-14(9-16(21)22)18(20-17(10)13)11-4-3-5-12(8-11)23-2/h3-8,20H,9H2,1-2H3,(H,21,22). The van der Waals surface area contributed by atoms with Crippen molar-refractivity contribution in [3.05, 3.63) is 52.5 Å². The van der Waals surface area contributed by atoms with E-state index in [0.29, 0.717) is 5.02 Å². The lowest BCUT2D eigenvalue weighted by Crippen LogP contribution is -2.01. The highest BCUT2D eigenvalue weighted by atomic mass is 35.5. The molecule has 0 saturated carbocycles. The second-order valence-electron chi connectivity index (χ2n) is 5.38. The molecule has 0 aliphatic rings. The van der Waals surface area contributed by atoms with Crippen molar-refractivity contribution >= 4 is 28.5 Å². The van der Waals surface area contributed by atoms with Crippen molar-refractivity contribution in [3.8, 4) is 17.0 Å². The number of hydrogen-bond acceptors (Lipinski definition) is 2. The van der Waals surface area contributed by atoms with Crippen LogP contribution in [0.2, 0.25) is 5.02 Å². The lowest BCUT2D eigenvalue weighted by molar-refractivity contribution is -0.136. The molecule has 2 aromatic carbocycles. The maximum atomic E-state index is 11.3. The summed E-state index contributed by atoms with van der Waals surface area (Å²) in [5, 5.41) is 10.8. The molecule has 1 heterocycles. The van der Waals surface area contributed by atoms with E-state index in [-0.39, 0.29) is 6.42 Å². The quantitative estimate of drug-likeness (QED) is 0.744. The van der Waals surface area contributed by atoms with Crippen LogP contribution in [-0.2, 0) is 11.2 Å². The highest BCUT2D eigenvalue weighted by molar-refractivity contribution is 6.32. The second kappa shape index (κ2) is 5.97. The summed E-state index contributed by atoms with van der Waals surface area (Å²) in [7, 11) is 1.60. The van der Waals surface area contributed by atoms with Gasteiger partial charge in [-0.05, 0) is 36.2 Å². The molecule has 0 spiro atoms. The van der Waals surface area contributed by atoms with Gasteiger partial charge in [-0.3, -0.25) is 4.79 Å².